The first-order valence-corrected chi connectivity index (χ1v) is 7.93. The monoisotopic (exact) mass is 305 g/mol. The van der Waals surface area contributed by atoms with Crippen LogP contribution in [-0.2, 0) is 23.9 Å². The zero-order chi connectivity index (χ0) is 15.6. The Hall–Kier alpha value is -1.41. The van der Waals surface area contributed by atoms with E-state index in [9.17, 15) is 18.0 Å². The van der Waals surface area contributed by atoms with E-state index in [1.54, 1.807) is 32.9 Å². The molecule has 1 aliphatic carbocycles. The minimum Gasteiger partial charge on any atom is -0.442 e. The van der Waals surface area contributed by atoms with E-state index in [1.165, 1.54) is 0 Å². The molecule has 0 radical (unpaired) electrons. The maximum absolute atomic E-state index is 12.1. The molecule has 0 aromatic heterocycles. The summed E-state index contributed by atoms with van der Waals surface area (Å²) >= 11 is 0. The van der Waals surface area contributed by atoms with Gasteiger partial charge >= 0.3 is 6.09 Å². The Labute approximate surface area is 118 Å². The first-order chi connectivity index (χ1) is 8.99. The second-order valence-corrected chi connectivity index (χ2v) is 7.09. The lowest BCUT2D eigenvalue weighted by atomic mass is 10.1. The SMILES string of the molecule is CC(C)(C)OC(=O)N(OS(C)(=O)=O)C(=O)C1CC=CC1. The van der Waals surface area contributed by atoms with Gasteiger partial charge in [0.15, 0.2) is 0 Å². The third-order valence-electron chi connectivity index (χ3n) is 2.33. The summed E-state index contributed by atoms with van der Waals surface area (Å²) in [5.74, 6) is -1.24. The number of nitrogens with zero attached hydrogens (tertiary/aromatic N) is 1. The Kier molecular flexibility index (Phi) is 4.93. The predicted octanol–water partition coefficient (Wildman–Crippen LogP) is 1.61. The zero-order valence-electron chi connectivity index (χ0n) is 12.0. The molecule has 0 unspecified atom stereocenters. The molecule has 1 aliphatic rings. The molecule has 7 nitrogen and oxygen atoms in total. The van der Waals surface area contributed by atoms with Gasteiger partial charge in [0, 0.05) is 5.92 Å². The molecule has 8 heteroatoms. The third-order valence-corrected chi connectivity index (χ3v) is 2.75. The molecule has 0 fully saturated rings. The van der Waals surface area contributed by atoms with Crippen molar-refractivity contribution in [2.45, 2.75) is 39.2 Å². The van der Waals surface area contributed by atoms with Gasteiger partial charge in [-0.25, -0.2) is 4.79 Å². The van der Waals surface area contributed by atoms with Gasteiger partial charge in [0.2, 0.25) is 0 Å². The summed E-state index contributed by atoms with van der Waals surface area (Å²) in [7, 11) is -4.01. The molecule has 2 amide bonds. The van der Waals surface area contributed by atoms with Gasteiger partial charge in [0.1, 0.15) is 5.60 Å². The van der Waals surface area contributed by atoms with E-state index < -0.39 is 33.6 Å². The number of carbonyl (C=O) groups is 2. The summed E-state index contributed by atoms with van der Waals surface area (Å²) in [4.78, 5) is 24.1. The fraction of sp³-hybridized carbons (Fsp3) is 0.667. The van der Waals surface area contributed by atoms with Crippen LogP contribution in [0.2, 0.25) is 0 Å². The van der Waals surface area contributed by atoms with Crippen molar-refractivity contribution in [2.75, 3.05) is 6.26 Å². The van der Waals surface area contributed by atoms with E-state index in [0.29, 0.717) is 12.8 Å². The highest BCUT2D eigenvalue weighted by molar-refractivity contribution is 7.85. The number of hydroxylamine groups is 2. The average Bonchev–Trinajstić information content (AvgIpc) is 2.74. The van der Waals surface area contributed by atoms with E-state index in [1.807, 2.05) is 0 Å². The van der Waals surface area contributed by atoms with Gasteiger partial charge in [0.05, 0.1) is 6.26 Å². The maximum atomic E-state index is 12.1. The fourth-order valence-electron chi connectivity index (χ4n) is 1.58. The van der Waals surface area contributed by atoms with Gasteiger partial charge < -0.3 is 4.74 Å². The lowest BCUT2D eigenvalue weighted by Crippen LogP contribution is -2.44. The normalized spacial score (nSPS) is 16.2. The zero-order valence-corrected chi connectivity index (χ0v) is 12.8. The summed E-state index contributed by atoms with van der Waals surface area (Å²) in [6.07, 6.45) is 4.06. The standard InChI is InChI=1S/C12H19NO6S/c1-12(2,3)18-11(15)13(19-20(4,16)17)10(14)9-7-5-6-8-9/h5-6,9H,7-8H2,1-4H3. The van der Waals surface area contributed by atoms with Crippen LogP contribution >= 0.6 is 0 Å². The molecular formula is C12H19NO6S. The number of amides is 2. The van der Waals surface area contributed by atoms with Crippen LogP contribution in [0.4, 0.5) is 4.79 Å². The Balaban J connectivity index is 2.90. The molecule has 0 bridgehead atoms. The molecule has 0 spiro atoms. The van der Waals surface area contributed by atoms with E-state index in [0.717, 1.165) is 6.26 Å². The summed E-state index contributed by atoms with van der Waals surface area (Å²) in [6.45, 7) is 4.81. The topological polar surface area (TPSA) is 90.0 Å². The van der Waals surface area contributed by atoms with E-state index in [2.05, 4.69) is 4.28 Å². The van der Waals surface area contributed by atoms with Gasteiger partial charge in [-0.15, -0.1) is 4.28 Å². The van der Waals surface area contributed by atoms with Crippen molar-refractivity contribution >= 4 is 22.1 Å². The lowest BCUT2D eigenvalue weighted by Gasteiger charge is -2.25. The van der Waals surface area contributed by atoms with Crippen molar-refractivity contribution in [2.24, 2.45) is 5.92 Å². The number of imide groups is 1. The van der Waals surface area contributed by atoms with Crippen LogP contribution in [0.15, 0.2) is 12.2 Å². The molecule has 1 rings (SSSR count). The molecule has 0 heterocycles. The van der Waals surface area contributed by atoms with Gasteiger partial charge in [-0.2, -0.15) is 8.42 Å². The summed E-state index contributed by atoms with van der Waals surface area (Å²) in [6, 6.07) is 0. The Morgan fingerprint density at radius 3 is 2.10 bits per heavy atom. The van der Waals surface area contributed by atoms with Crippen LogP contribution in [0.1, 0.15) is 33.6 Å². The van der Waals surface area contributed by atoms with Crippen molar-refractivity contribution in [3.05, 3.63) is 12.2 Å². The Morgan fingerprint density at radius 2 is 1.70 bits per heavy atom. The minimum atomic E-state index is -4.01. The Bertz CT molecular complexity index is 509. The smallest absolute Gasteiger partial charge is 0.442 e. The maximum Gasteiger partial charge on any atom is 0.443 e. The predicted molar refractivity (Wildman–Crippen MR) is 70.9 cm³/mol. The van der Waals surface area contributed by atoms with Crippen LogP contribution in [0.5, 0.6) is 0 Å². The van der Waals surface area contributed by atoms with Crippen LogP contribution in [-0.4, -0.2) is 37.3 Å². The van der Waals surface area contributed by atoms with Crippen LogP contribution in [0.25, 0.3) is 0 Å². The van der Waals surface area contributed by atoms with Crippen LogP contribution in [0.3, 0.4) is 0 Å². The molecule has 20 heavy (non-hydrogen) atoms. The molecule has 0 aromatic rings. The molecule has 0 aromatic carbocycles. The minimum absolute atomic E-state index is 0.193. The number of rotatable bonds is 3. The van der Waals surface area contributed by atoms with Crippen molar-refractivity contribution < 1.29 is 27.0 Å². The number of allylic oxidation sites excluding steroid dienone is 2. The van der Waals surface area contributed by atoms with Gasteiger partial charge in [-0.1, -0.05) is 17.2 Å². The molecule has 0 atom stereocenters. The first-order valence-electron chi connectivity index (χ1n) is 6.11. The van der Waals surface area contributed by atoms with Crippen molar-refractivity contribution in [3.8, 4) is 0 Å². The van der Waals surface area contributed by atoms with Crippen molar-refractivity contribution in [3.63, 3.8) is 0 Å². The van der Waals surface area contributed by atoms with E-state index in [-0.39, 0.29) is 5.06 Å². The molecule has 0 N–H and O–H groups in total. The van der Waals surface area contributed by atoms with Crippen molar-refractivity contribution in [1.29, 1.82) is 0 Å². The van der Waals surface area contributed by atoms with E-state index in [4.69, 9.17) is 4.74 Å². The number of ether oxygens (including phenoxy) is 1. The van der Waals surface area contributed by atoms with E-state index >= 15 is 0 Å². The highest BCUT2D eigenvalue weighted by Gasteiger charge is 2.35. The highest BCUT2D eigenvalue weighted by Crippen LogP contribution is 2.22. The van der Waals surface area contributed by atoms with Crippen molar-refractivity contribution in [1.82, 2.24) is 5.06 Å². The van der Waals surface area contributed by atoms with Crippen LogP contribution < -0.4 is 0 Å². The second-order valence-electron chi connectivity index (χ2n) is 5.53. The number of hydrogen-bond donors (Lipinski definition) is 0. The highest BCUT2D eigenvalue weighted by atomic mass is 32.2. The van der Waals surface area contributed by atoms with Gasteiger partial charge in [-0.3, -0.25) is 4.79 Å². The first kappa shape index (κ1) is 16.6. The summed E-state index contributed by atoms with van der Waals surface area (Å²) in [5, 5.41) is 0.193. The lowest BCUT2D eigenvalue weighted by molar-refractivity contribution is -0.156. The molecule has 114 valence electrons. The van der Waals surface area contributed by atoms with Crippen LogP contribution in [0, 0.1) is 5.92 Å². The van der Waals surface area contributed by atoms with Gasteiger partial charge in [-0.05, 0) is 33.6 Å². The largest absolute Gasteiger partial charge is 0.443 e. The molecule has 0 aliphatic heterocycles. The quantitative estimate of drug-likeness (QED) is 0.581. The van der Waals surface area contributed by atoms with Gasteiger partial charge in [0.25, 0.3) is 16.0 Å². The fourth-order valence-corrected chi connectivity index (χ4v) is 1.99. The molecular weight excluding hydrogens is 286 g/mol. The summed E-state index contributed by atoms with van der Waals surface area (Å²) in [5.41, 5.74) is -0.871. The Morgan fingerprint density at radius 1 is 1.20 bits per heavy atom. The second kappa shape index (κ2) is 5.92. The number of hydrogen-bond acceptors (Lipinski definition) is 6. The summed E-state index contributed by atoms with van der Waals surface area (Å²) < 4.78 is 31.8. The third kappa shape index (κ3) is 5.30. The number of carbonyl (C=O) groups excluding carboxylic acids is 2. The molecule has 0 saturated heterocycles. The molecule has 0 saturated carbocycles. The average molecular weight is 305 g/mol.